The van der Waals surface area contributed by atoms with E-state index in [2.05, 4.69) is 41.3 Å². The second-order valence-corrected chi connectivity index (χ2v) is 7.04. The summed E-state index contributed by atoms with van der Waals surface area (Å²) in [5.74, 6) is -1.68. The van der Waals surface area contributed by atoms with Crippen LogP contribution >= 0.6 is 31.9 Å². The Hall–Kier alpha value is -2.19. The molecule has 0 aliphatic carbocycles. The smallest absolute Gasteiger partial charge is 0.345 e. The normalized spacial score (nSPS) is 10.1. The lowest BCUT2D eigenvalue weighted by atomic mass is 10.1. The summed E-state index contributed by atoms with van der Waals surface area (Å²) in [6.07, 6.45) is 1.31. The zero-order valence-electron chi connectivity index (χ0n) is 14.4. The molecule has 8 heteroatoms. The van der Waals surface area contributed by atoms with E-state index in [9.17, 15) is 14.0 Å². The quantitative estimate of drug-likeness (QED) is 0.249. The molecule has 0 aliphatic rings. The van der Waals surface area contributed by atoms with Crippen molar-refractivity contribution >= 4 is 49.9 Å². The van der Waals surface area contributed by atoms with Crippen LogP contribution in [0.2, 0.25) is 0 Å². The van der Waals surface area contributed by atoms with E-state index in [-0.39, 0.29) is 18.0 Å². The molecule has 0 saturated carbocycles. The van der Waals surface area contributed by atoms with Gasteiger partial charge in [0.2, 0.25) is 0 Å². The predicted octanol–water partition coefficient (Wildman–Crippen LogP) is 4.66. The lowest BCUT2D eigenvalue weighted by Gasteiger charge is -2.13. The zero-order chi connectivity index (χ0) is 20.0. The molecule has 0 unspecified atom stereocenters. The van der Waals surface area contributed by atoms with Gasteiger partial charge in [-0.1, -0.05) is 28.1 Å². The summed E-state index contributed by atoms with van der Waals surface area (Å²) in [7, 11) is 2.33. The predicted molar refractivity (Wildman–Crippen MR) is 105 cm³/mol. The Morgan fingerprint density at radius 2 is 1.74 bits per heavy atom. The van der Waals surface area contributed by atoms with Gasteiger partial charge in [-0.2, -0.15) is 0 Å². The maximum Gasteiger partial charge on any atom is 0.345 e. The van der Waals surface area contributed by atoms with Crippen LogP contribution in [-0.4, -0.2) is 26.2 Å². The number of halogens is 3. The van der Waals surface area contributed by atoms with Crippen molar-refractivity contribution in [2.24, 2.45) is 0 Å². The molecule has 27 heavy (non-hydrogen) atoms. The highest BCUT2D eigenvalue weighted by molar-refractivity contribution is 9.11. The van der Waals surface area contributed by atoms with Gasteiger partial charge in [0.1, 0.15) is 23.7 Å². The van der Waals surface area contributed by atoms with Crippen molar-refractivity contribution in [3.8, 4) is 5.75 Å². The molecule has 0 radical (unpaired) electrons. The Kier molecular flexibility index (Phi) is 7.55. The Balaban J connectivity index is 2.44. The first-order chi connectivity index (χ1) is 12.8. The molecular formula is C19H15Br2FO5. The van der Waals surface area contributed by atoms with Gasteiger partial charge in [-0.25, -0.2) is 14.0 Å². The van der Waals surface area contributed by atoms with Gasteiger partial charge >= 0.3 is 11.9 Å². The van der Waals surface area contributed by atoms with Gasteiger partial charge in [0, 0.05) is 10.0 Å². The summed E-state index contributed by atoms with van der Waals surface area (Å²) in [6.45, 7) is 0.0879. The van der Waals surface area contributed by atoms with Crippen molar-refractivity contribution in [1.82, 2.24) is 0 Å². The van der Waals surface area contributed by atoms with Gasteiger partial charge in [0.25, 0.3) is 0 Å². The summed E-state index contributed by atoms with van der Waals surface area (Å²) in [6, 6.07) is 9.41. The molecule has 0 fully saturated rings. The van der Waals surface area contributed by atoms with Crippen LogP contribution in [0.1, 0.15) is 11.1 Å². The molecule has 0 N–H and O–H groups in total. The summed E-state index contributed by atoms with van der Waals surface area (Å²) < 4.78 is 29.7. The van der Waals surface area contributed by atoms with Crippen LogP contribution in [0.4, 0.5) is 4.39 Å². The van der Waals surface area contributed by atoms with E-state index >= 15 is 0 Å². The number of hydrogen-bond acceptors (Lipinski definition) is 5. The number of esters is 2. The van der Waals surface area contributed by atoms with Crippen molar-refractivity contribution in [3.63, 3.8) is 0 Å². The number of hydrogen-bond donors (Lipinski definition) is 0. The Morgan fingerprint density at radius 1 is 1.07 bits per heavy atom. The van der Waals surface area contributed by atoms with Gasteiger partial charge in [-0.3, -0.25) is 0 Å². The van der Waals surface area contributed by atoms with Crippen molar-refractivity contribution in [3.05, 3.63) is 67.9 Å². The van der Waals surface area contributed by atoms with Crippen LogP contribution in [0.3, 0.4) is 0 Å². The second-order valence-electron chi connectivity index (χ2n) is 5.27. The van der Waals surface area contributed by atoms with E-state index in [0.29, 0.717) is 25.8 Å². The minimum Gasteiger partial charge on any atom is -0.487 e. The molecular weight excluding hydrogens is 487 g/mol. The van der Waals surface area contributed by atoms with Crippen molar-refractivity contribution in [2.75, 3.05) is 14.2 Å². The monoisotopic (exact) mass is 500 g/mol. The highest BCUT2D eigenvalue weighted by Crippen LogP contribution is 2.35. The van der Waals surface area contributed by atoms with E-state index in [1.165, 1.54) is 18.2 Å². The van der Waals surface area contributed by atoms with E-state index in [0.717, 1.165) is 14.2 Å². The lowest BCUT2D eigenvalue weighted by molar-refractivity contribution is -0.143. The van der Waals surface area contributed by atoms with Gasteiger partial charge in [0.15, 0.2) is 0 Å². The Bertz CT molecular complexity index is 878. The van der Waals surface area contributed by atoms with Crippen LogP contribution < -0.4 is 4.74 Å². The number of carbonyl (C=O) groups excluding carboxylic acids is 2. The second kappa shape index (κ2) is 9.66. The number of methoxy groups -OCH3 is 2. The van der Waals surface area contributed by atoms with E-state index < -0.39 is 11.9 Å². The van der Waals surface area contributed by atoms with Crippen LogP contribution in [0.5, 0.6) is 5.75 Å². The Morgan fingerprint density at radius 3 is 2.33 bits per heavy atom. The molecule has 2 rings (SSSR count). The topological polar surface area (TPSA) is 61.8 Å². The average Bonchev–Trinajstić information content (AvgIpc) is 2.64. The number of ether oxygens (including phenoxy) is 3. The van der Waals surface area contributed by atoms with Crippen molar-refractivity contribution < 1.29 is 28.2 Å². The van der Waals surface area contributed by atoms with Gasteiger partial charge in [-0.15, -0.1) is 0 Å². The summed E-state index contributed by atoms with van der Waals surface area (Å²) in [5.41, 5.74) is 0.764. The first kappa shape index (κ1) is 21.1. The largest absolute Gasteiger partial charge is 0.487 e. The van der Waals surface area contributed by atoms with Crippen LogP contribution in [0.15, 0.2) is 50.9 Å². The molecule has 0 saturated heterocycles. The molecule has 0 aromatic heterocycles. The van der Waals surface area contributed by atoms with Gasteiger partial charge < -0.3 is 14.2 Å². The SMILES string of the molecule is COC(=O)C(=Cc1cc(Br)cc(Br)c1OCc1cccc(F)c1)C(=O)OC. The van der Waals surface area contributed by atoms with Crippen molar-refractivity contribution in [1.29, 1.82) is 0 Å². The third-order valence-electron chi connectivity index (χ3n) is 3.42. The van der Waals surface area contributed by atoms with E-state index in [1.807, 2.05) is 0 Å². The third-order valence-corrected chi connectivity index (χ3v) is 4.47. The van der Waals surface area contributed by atoms with E-state index in [4.69, 9.17) is 4.74 Å². The van der Waals surface area contributed by atoms with Gasteiger partial charge in [0.05, 0.1) is 18.7 Å². The van der Waals surface area contributed by atoms with Crippen LogP contribution in [0.25, 0.3) is 6.08 Å². The van der Waals surface area contributed by atoms with Gasteiger partial charge in [-0.05, 0) is 51.8 Å². The molecule has 0 spiro atoms. The summed E-state index contributed by atoms with van der Waals surface area (Å²) in [4.78, 5) is 23.8. The lowest BCUT2D eigenvalue weighted by Crippen LogP contribution is -2.15. The molecule has 0 bridgehead atoms. The van der Waals surface area contributed by atoms with Crippen LogP contribution in [-0.2, 0) is 25.7 Å². The fraction of sp³-hybridized carbons (Fsp3) is 0.158. The standard InChI is InChI=1S/C19H15Br2FO5/c1-25-18(23)15(19(24)26-2)8-12-7-13(20)9-16(21)17(12)27-10-11-4-3-5-14(22)6-11/h3-9H,10H2,1-2H3. The zero-order valence-corrected chi connectivity index (χ0v) is 17.6. The molecule has 0 aliphatic heterocycles. The summed E-state index contributed by atoms with van der Waals surface area (Å²) >= 11 is 6.75. The summed E-state index contributed by atoms with van der Waals surface area (Å²) in [5, 5.41) is 0. The fourth-order valence-electron chi connectivity index (χ4n) is 2.20. The Labute approximate surface area is 172 Å². The maximum absolute atomic E-state index is 13.3. The highest BCUT2D eigenvalue weighted by atomic mass is 79.9. The first-order valence-electron chi connectivity index (χ1n) is 7.60. The average molecular weight is 502 g/mol. The maximum atomic E-state index is 13.3. The first-order valence-corrected chi connectivity index (χ1v) is 9.19. The number of rotatable bonds is 6. The molecule has 142 valence electrons. The molecule has 5 nitrogen and oxygen atoms in total. The van der Waals surface area contributed by atoms with Crippen molar-refractivity contribution in [2.45, 2.75) is 6.61 Å². The highest BCUT2D eigenvalue weighted by Gasteiger charge is 2.21. The number of carbonyl (C=O) groups is 2. The minimum absolute atomic E-state index is 0.0879. The molecule has 2 aromatic carbocycles. The van der Waals surface area contributed by atoms with E-state index in [1.54, 1.807) is 24.3 Å². The molecule has 0 atom stereocenters. The minimum atomic E-state index is -0.839. The fourth-order valence-corrected chi connectivity index (χ4v) is 3.57. The molecule has 2 aromatic rings. The number of benzene rings is 2. The molecule has 0 amide bonds. The molecule has 0 heterocycles. The third kappa shape index (κ3) is 5.64. The van der Waals surface area contributed by atoms with Crippen LogP contribution in [0, 0.1) is 5.82 Å².